The van der Waals surface area contributed by atoms with Crippen molar-refractivity contribution in [3.8, 4) is 0 Å². The number of benzene rings is 1. The highest BCUT2D eigenvalue weighted by Crippen LogP contribution is 2.35. The van der Waals surface area contributed by atoms with Crippen molar-refractivity contribution in [2.75, 3.05) is 18.4 Å². The summed E-state index contributed by atoms with van der Waals surface area (Å²) in [6.45, 7) is 6.80. The number of hydrogen-bond acceptors (Lipinski definition) is 6. The van der Waals surface area contributed by atoms with Crippen molar-refractivity contribution in [3.63, 3.8) is 0 Å². The van der Waals surface area contributed by atoms with E-state index >= 15 is 0 Å². The maximum absolute atomic E-state index is 13.3. The first-order chi connectivity index (χ1) is 16.4. The molecule has 35 heavy (non-hydrogen) atoms. The predicted molar refractivity (Wildman–Crippen MR) is 130 cm³/mol. The van der Waals surface area contributed by atoms with Crippen LogP contribution < -0.4 is 5.32 Å². The molecule has 0 atom stereocenters. The maximum atomic E-state index is 13.3. The maximum Gasteiger partial charge on any atom is 0.417 e. The lowest BCUT2D eigenvalue weighted by Crippen LogP contribution is -2.38. The molecular formula is C24H25F3N4O2S2. The van der Waals surface area contributed by atoms with E-state index in [0.29, 0.717) is 36.8 Å². The molecule has 0 bridgehead atoms. The van der Waals surface area contributed by atoms with Crippen LogP contribution in [0.2, 0.25) is 0 Å². The van der Waals surface area contributed by atoms with Crippen molar-refractivity contribution >= 4 is 39.6 Å². The van der Waals surface area contributed by atoms with Gasteiger partial charge in [-0.1, -0.05) is 32.9 Å². The summed E-state index contributed by atoms with van der Waals surface area (Å²) >= 11 is 2.74. The fourth-order valence-corrected chi connectivity index (χ4v) is 5.74. The summed E-state index contributed by atoms with van der Waals surface area (Å²) in [6.07, 6.45) is -3.46. The van der Waals surface area contributed by atoms with Crippen LogP contribution in [0.5, 0.6) is 0 Å². The fourth-order valence-electron chi connectivity index (χ4n) is 3.83. The first-order valence-corrected chi connectivity index (χ1v) is 12.9. The van der Waals surface area contributed by atoms with E-state index in [1.165, 1.54) is 45.8 Å². The number of likely N-dealkylation sites (tertiary alicyclic amines) is 1. The summed E-state index contributed by atoms with van der Waals surface area (Å²) in [5.41, 5.74) is -0.162. The Bertz CT molecular complexity index is 1220. The summed E-state index contributed by atoms with van der Waals surface area (Å²) in [6, 6.07) is 4.86. The number of anilines is 1. The minimum Gasteiger partial charge on any atom is -0.339 e. The third kappa shape index (κ3) is 5.72. The molecule has 1 aliphatic heterocycles. The number of nitrogens with one attached hydrogen (secondary N) is 1. The van der Waals surface area contributed by atoms with Crippen LogP contribution in [0.1, 0.15) is 76.6 Å². The summed E-state index contributed by atoms with van der Waals surface area (Å²) in [5, 5.41) is 7.71. The molecule has 4 rings (SSSR count). The Morgan fingerprint density at radius 1 is 1.03 bits per heavy atom. The van der Waals surface area contributed by atoms with E-state index in [1.807, 2.05) is 26.2 Å². The Morgan fingerprint density at radius 2 is 1.71 bits per heavy atom. The molecule has 0 radical (unpaired) electrons. The molecule has 3 aromatic rings. The number of thiazole rings is 2. The van der Waals surface area contributed by atoms with Crippen molar-refractivity contribution in [2.45, 2.75) is 51.1 Å². The highest BCUT2D eigenvalue weighted by molar-refractivity contribution is 7.14. The van der Waals surface area contributed by atoms with Gasteiger partial charge in [0.15, 0.2) is 5.13 Å². The number of hydrogen-bond donors (Lipinski definition) is 1. The van der Waals surface area contributed by atoms with Crippen molar-refractivity contribution in [2.24, 2.45) is 0 Å². The SMILES string of the molecule is CC(C)(C)c1csc(NC(=O)c2csc(C3CCN(C(=O)c4ccccc4C(F)(F)F)CC3)n2)n1. The summed E-state index contributed by atoms with van der Waals surface area (Å²) in [4.78, 5) is 35.8. The Kier molecular flexibility index (Phi) is 7.01. The fraction of sp³-hybridized carbons (Fsp3) is 0.417. The van der Waals surface area contributed by atoms with E-state index in [9.17, 15) is 22.8 Å². The quantitative estimate of drug-likeness (QED) is 0.444. The van der Waals surface area contributed by atoms with Crippen LogP contribution in [-0.2, 0) is 11.6 Å². The standard InChI is InChI=1S/C24H25F3N4O2S2/c1-23(2,3)18-13-35-22(29-18)30-19(32)17-12-34-20(28-17)14-8-10-31(11-9-14)21(33)15-6-4-5-7-16(15)24(25,26)27/h4-7,12-14H,8-11H2,1-3H3,(H,29,30,32). The van der Waals surface area contributed by atoms with Gasteiger partial charge in [-0.05, 0) is 25.0 Å². The lowest BCUT2D eigenvalue weighted by molar-refractivity contribution is -0.138. The third-order valence-corrected chi connectivity index (χ3v) is 7.61. The zero-order chi connectivity index (χ0) is 25.4. The molecule has 0 unspecified atom stereocenters. The highest BCUT2D eigenvalue weighted by atomic mass is 32.1. The minimum atomic E-state index is -4.59. The van der Waals surface area contributed by atoms with E-state index in [0.717, 1.165) is 16.8 Å². The van der Waals surface area contributed by atoms with Crippen LogP contribution in [-0.4, -0.2) is 39.8 Å². The van der Waals surface area contributed by atoms with Gasteiger partial charge in [-0.3, -0.25) is 14.9 Å². The molecule has 1 aromatic carbocycles. The average molecular weight is 523 g/mol. The molecular weight excluding hydrogens is 497 g/mol. The van der Waals surface area contributed by atoms with E-state index in [2.05, 4.69) is 15.3 Å². The van der Waals surface area contributed by atoms with Gasteiger partial charge in [-0.15, -0.1) is 22.7 Å². The highest BCUT2D eigenvalue weighted by Gasteiger charge is 2.36. The van der Waals surface area contributed by atoms with Gasteiger partial charge in [0.05, 0.1) is 21.8 Å². The van der Waals surface area contributed by atoms with Gasteiger partial charge in [0.1, 0.15) is 5.69 Å². The second-order valence-electron chi connectivity index (χ2n) is 9.42. The van der Waals surface area contributed by atoms with Gasteiger partial charge in [-0.2, -0.15) is 13.2 Å². The number of alkyl halides is 3. The van der Waals surface area contributed by atoms with Crippen LogP contribution in [0, 0.1) is 0 Å². The minimum absolute atomic E-state index is 0.0378. The van der Waals surface area contributed by atoms with Gasteiger partial charge in [-0.25, -0.2) is 9.97 Å². The number of aromatic nitrogens is 2. The Balaban J connectivity index is 1.37. The normalized spacial score (nSPS) is 15.3. The Hall–Kier alpha value is -2.79. The number of piperidine rings is 1. The lowest BCUT2D eigenvalue weighted by atomic mass is 9.93. The summed E-state index contributed by atoms with van der Waals surface area (Å²) in [5.74, 6) is -0.914. The smallest absolute Gasteiger partial charge is 0.339 e. The second kappa shape index (κ2) is 9.69. The lowest BCUT2D eigenvalue weighted by Gasteiger charge is -2.31. The number of carbonyl (C=O) groups is 2. The number of halogens is 3. The van der Waals surface area contributed by atoms with Crippen LogP contribution in [0.4, 0.5) is 18.3 Å². The molecule has 2 aromatic heterocycles. The Labute approximate surface area is 209 Å². The van der Waals surface area contributed by atoms with Gasteiger partial charge < -0.3 is 4.90 Å². The van der Waals surface area contributed by atoms with E-state index < -0.39 is 17.6 Å². The van der Waals surface area contributed by atoms with Gasteiger partial charge in [0.2, 0.25) is 0 Å². The molecule has 0 aliphatic carbocycles. The molecule has 0 saturated carbocycles. The molecule has 0 spiro atoms. The molecule has 1 N–H and O–H groups in total. The number of carbonyl (C=O) groups excluding carboxylic acids is 2. The van der Waals surface area contributed by atoms with Crippen LogP contribution in [0.3, 0.4) is 0 Å². The first-order valence-electron chi connectivity index (χ1n) is 11.1. The predicted octanol–water partition coefficient (Wildman–Crippen LogP) is 6.19. The van der Waals surface area contributed by atoms with Crippen LogP contribution in [0.25, 0.3) is 0 Å². The van der Waals surface area contributed by atoms with Gasteiger partial charge in [0.25, 0.3) is 11.8 Å². The third-order valence-electron chi connectivity index (χ3n) is 5.84. The van der Waals surface area contributed by atoms with E-state index in [-0.39, 0.29) is 22.8 Å². The van der Waals surface area contributed by atoms with E-state index in [1.54, 1.807) is 5.38 Å². The van der Waals surface area contributed by atoms with Gasteiger partial charge in [0, 0.05) is 35.2 Å². The molecule has 11 heteroatoms. The molecule has 1 aliphatic rings. The molecule has 6 nitrogen and oxygen atoms in total. The van der Waals surface area contributed by atoms with E-state index in [4.69, 9.17) is 0 Å². The summed E-state index contributed by atoms with van der Waals surface area (Å²) < 4.78 is 39.9. The molecule has 1 saturated heterocycles. The molecule has 1 fully saturated rings. The second-order valence-corrected chi connectivity index (χ2v) is 11.2. The molecule has 186 valence electrons. The average Bonchev–Trinajstić information content (AvgIpc) is 3.48. The zero-order valence-corrected chi connectivity index (χ0v) is 21.1. The van der Waals surface area contributed by atoms with Crippen molar-refractivity contribution < 1.29 is 22.8 Å². The molecule has 2 amide bonds. The topological polar surface area (TPSA) is 75.2 Å². The van der Waals surface area contributed by atoms with Crippen LogP contribution >= 0.6 is 22.7 Å². The number of nitrogens with zero attached hydrogens (tertiary/aromatic N) is 3. The first kappa shape index (κ1) is 25.3. The number of rotatable bonds is 4. The largest absolute Gasteiger partial charge is 0.417 e. The van der Waals surface area contributed by atoms with Crippen molar-refractivity contribution in [3.05, 3.63) is 62.5 Å². The summed E-state index contributed by atoms with van der Waals surface area (Å²) in [7, 11) is 0. The number of amides is 2. The Morgan fingerprint density at radius 3 is 2.34 bits per heavy atom. The van der Waals surface area contributed by atoms with Crippen LogP contribution in [0.15, 0.2) is 35.0 Å². The molecule has 3 heterocycles. The van der Waals surface area contributed by atoms with Crippen molar-refractivity contribution in [1.82, 2.24) is 14.9 Å². The van der Waals surface area contributed by atoms with Gasteiger partial charge >= 0.3 is 6.18 Å². The zero-order valence-electron chi connectivity index (χ0n) is 19.5. The monoisotopic (exact) mass is 522 g/mol. The van der Waals surface area contributed by atoms with Crippen molar-refractivity contribution in [1.29, 1.82) is 0 Å².